The van der Waals surface area contributed by atoms with Crippen molar-refractivity contribution in [1.82, 2.24) is 0 Å². The smallest absolute Gasteiger partial charge is 0.0399 e. The lowest BCUT2D eigenvalue weighted by Crippen LogP contribution is -2.10. The van der Waals surface area contributed by atoms with Crippen LogP contribution in [0.25, 0.3) is 0 Å². The Morgan fingerprint density at radius 1 is 1.36 bits per heavy atom. The molecular formula is C10H19N. The summed E-state index contributed by atoms with van der Waals surface area (Å²) in [4.78, 5) is 4.41. The molecule has 0 amide bonds. The summed E-state index contributed by atoms with van der Waals surface area (Å²) in [6.45, 7) is 13.4. The minimum absolute atomic E-state index is 0.516. The predicted octanol–water partition coefficient (Wildman–Crippen LogP) is 3.07. The molecule has 0 heterocycles. The van der Waals surface area contributed by atoms with Gasteiger partial charge in [-0.15, -0.1) is 0 Å². The zero-order chi connectivity index (χ0) is 8.85. The summed E-state index contributed by atoms with van der Waals surface area (Å²) < 4.78 is 0. The van der Waals surface area contributed by atoms with E-state index in [-0.39, 0.29) is 0 Å². The first-order chi connectivity index (χ1) is 5.13. The van der Waals surface area contributed by atoms with Crippen molar-refractivity contribution in [2.24, 2.45) is 10.9 Å². The number of allylic oxidation sites excluding steroid dienone is 1. The second-order valence-electron chi connectivity index (χ2n) is 2.97. The molecule has 0 saturated carbocycles. The lowest BCUT2D eigenvalue weighted by molar-refractivity contribution is 0.863. The summed E-state index contributed by atoms with van der Waals surface area (Å²) in [7, 11) is 0. The first-order valence-corrected chi connectivity index (χ1v) is 4.35. The number of hydrogen-bond donors (Lipinski definition) is 0. The van der Waals surface area contributed by atoms with Crippen molar-refractivity contribution in [3.05, 3.63) is 12.2 Å². The van der Waals surface area contributed by atoms with Gasteiger partial charge in [-0.25, -0.2) is 0 Å². The largest absolute Gasteiger partial charge is 0.290 e. The monoisotopic (exact) mass is 153 g/mol. The first kappa shape index (κ1) is 10.4. The van der Waals surface area contributed by atoms with Crippen molar-refractivity contribution in [2.45, 2.75) is 34.1 Å². The average Bonchev–Trinajstić information content (AvgIpc) is 1.98. The minimum atomic E-state index is 0.516. The molecule has 1 nitrogen and oxygen atoms in total. The number of hydrogen-bond acceptors (Lipinski definition) is 1. The van der Waals surface area contributed by atoms with Crippen LogP contribution in [0.3, 0.4) is 0 Å². The van der Waals surface area contributed by atoms with Gasteiger partial charge in [0.05, 0.1) is 0 Å². The zero-order valence-corrected chi connectivity index (χ0v) is 8.15. The Labute approximate surface area is 70.2 Å². The quantitative estimate of drug-likeness (QED) is 0.550. The molecule has 0 unspecified atom stereocenters. The van der Waals surface area contributed by atoms with Gasteiger partial charge in [-0.1, -0.05) is 27.4 Å². The SMILES string of the molecule is C=C(CC)/C(=N\CC)C(C)C. The molecule has 0 aliphatic heterocycles. The van der Waals surface area contributed by atoms with Gasteiger partial charge in [-0.3, -0.25) is 4.99 Å². The normalized spacial score (nSPS) is 12.3. The van der Waals surface area contributed by atoms with Gasteiger partial charge >= 0.3 is 0 Å². The Hall–Kier alpha value is -0.590. The third-order valence-electron chi connectivity index (χ3n) is 1.66. The summed E-state index contributed by atoms with van der Waals surface area (Å²) in [5, 5.41) is 0. The Morgan fingerprint density at radius 3 is 2.18 bits per heavy atom. The lowest BCUT2D eigenvalue weighted by atomic mass is 9.99. The van der Waals surface area contributed by atoms with E-state index in [4.69, 9.17) is 0 Å². The van der Waals surface area contributed by atoms with E-state index in [0.717, 1.165) is 13.0 Å². The highest BCUT2D eigenvalue weighted by Crippen LogP contribution is 2.09. The van der Waals surface area contributed by atoms with Crippen LogP contribution in [-0.2, 0) is 0 Å². The lowest BCUT2D eigenvalue weighted by Gasteiger charge is -2.10. The Balaban J connectivity index is 4.34. The van der Waals surface area contributed by atoms with Gasteiger partial charge in [0.1, 0.15) is 0 Å². The van der Waals surface area contributed by atoms with Crippen LogP contribution < -0.4 is 0 Å². The Bertz CT molecular complexity index is 154. The van der Waals surface area contributed by atoms with E-state index in [1.807, 2.05) is 0 Å². The highest BCUT2D eigenvalue weighted by molar-refractivity contribution is 6.00. The predicted molar refractivity (Wildman–Crippen MR) is 52.2 cm³/mol. The van der Waals surface area contributed by atoms with Crippen LogP contribution in [0.4, 0.5) is 0 Å². The van der Waals surface area contributed by atoms with Crippen molar-refractivity contribution in [1.29, 1.82) is 0 Å². The summed E-state index contributed by atoms with van der Waals surface area (Å²) in [6, 6.07) is 0. The molecule has 0 aromatic rings. The molecule has 0 radical (unpaired) electrons. The molecule has 0 atom stereocenters. The van der Waals surface area contributed by atoms with E-state index in [9.17, 15) is 0 Å². The number of nitrogens with zero attached hydrogens (tertiary/aromatic N) is 1. The third kappa shape index (κ3) is 3.35. The fourth-order valence-electron chi connectivity index (χ4n) is 1.05. The summed E-state index contributed by atoms with van der Waals surface area (Å²) in [5.74, 6) is 0.516. The third-order valence-corrected chi connectivity index (χ3v) is 1.66. The average molecular weight is 153 g/mol. The Kier molecular flexibility index (Phi) is 4.84. The van der Waals surface area contributed by atoms with Crippen molar-refractivity contribution in [3.63, 3.8) is 0 Å². The van der Waals surface area contributed by atoms with Crippen LogP contribution in [-0.4, -0.2) is 12.3 Å². The molecule has 0 aliphatic carbocycles. The zero-order valence-electron chi connectivity index (χ0n) is 8.15. The van der Waals surface area contributed by atoms with Crippen LogP contribution in [0.2, 0.25) is 0 Å². The van der Waals surface area contributed by atoms with Crippen LogP contribution >= 0.6 is 0 Å². The van der Waals surface area contributed by atoms with E-state index >= 15 is 0 Å². The molecule has 0 aromatic heterocycles. The first-order valence-electron chi connectivity index (χ1n) is 4.35. The maximum absolute atomic E-state index is 4.41. The van der Waals surface area contributed by atoms with Crippen LogP contribution in [0.15, 0.2) is 17.1 Å². The van der Waals surface area contributed by atoms with Crippen LogP contribution in [0, 0.1) is 5.92 Å². The molecule has 0 aliphatic rings. The molecule has 0 saturated heterocycles. The molecule has 64 valence electrons. The fraction of sp³-hybridized carbons (Fsp3) is 0.700. The molecule has 1 heteroatoms. The number of rotatable bonds is 4. The van der Waals surface area contributed by atoms with Crippen LogP contribution in [0.1, 0.15) is 34.1 Å². The second-order valence-corrected chi connectivity index (χ2v) is 2.97. The molecule has 0 spiro atoms. The van der Waals surface area contributed by atoms with Gasteiger partial charge in [0.15, 0.2) is 0 Å². The second kappa shape index (κ2) is 5.11. The maximum Gasteiger partial charge on any atom is 0.0399 e. The van der Waals surface area contributed by atoms with E-state index in [1.54, 1.807) is 0 Å². The maximum atomic E-state index is 4.41. The summed E-state index contributed by atoms with van der Waals surface area (Å²) >= 11 is 0. The molecule has 0 rings (SSSR count). The van der Waals surface area contributed by atoms with Crippen LogP contribution in [0.5, 0.6) is 0 Å². The van der Waals surface area contributed by atoms with E-state index in [2.05, 4.69) is 39.3 Å². The van der Waals surface area contributed by atoms with E-state index in [1.165, 1.54) is 11.3 Å². The molecule has 0 aromatic carbocycles. The fourth-order valence-corrected chi connectivity index (χ4v) is 1.05. The Morgan fingerprint density at radius 2 is 1.91 bits per heavy atom. The van der Waals surface area contributed by atoms with Crippen molar-refractivity contribution >= 4 is 5.71 Å². The van der Waals surface area contributed by atoms with Crippen molar-refractivity contribution < 1.29 is 0 Å². The molecule has 11 heavy (non-hydrogen) atoms. The van der Waals surface area contributed by atoms with Crippen molar-refractivity contribution in [2.75, 3.05) is 6.54 Å². The summed E-state index contributed by atoms with van der Waals surface area (Å²) in [5.41, 5.74) is 2.37. The van der Waals surface area contributed by atoms with Gasteiger partial charge in [-0.05, 0) is 24.8 Å². The standard InChI is InChI=1S/C10H19N/c1-6-9(5)10(8(3)4)11-7-2/h8H,5-7H2,1-4H3/b11-10-. The molecule has 0 bridgehead atoms. The highest BCUT2D eigenvalue weighted by atomic mass is 14.7. The number of aliphatic imine (C=N–C) groups is 1. The molecule has 0 N–H and O–H groups in total. The van der Waals surface area contributed by atoms with Crippen molar-refractivity contribution in [3.8, 4) is 0 Å². The highest BCUT2D eigenvalue weighted by Gasteiger charge is 2.06. The van der Waals surface area contributed by atoms with E-state index in [0.29, 0.717) is 5.92 Å². The topological polar surface area (TPSA) is 12.4 Å². The molecular weight excluding hydrogens is 134 g/mol. The summed E-state index contributed by atoms with van der Waals surface area (Å²) in [6.07, 6.45) is 1.01. The van der Waals surface area contributed by atoms with Gasteiger partial charge in [0, 0.05) is 12.3 Å². The molecule has 0 fully saturated rings. The minimum Gasteiger partial charge on any atom is -0.290 e. The van der Waals surface area contributed by atoms with E-state index < -0.39 is 0 Å². The van der Waals surface area contributed by atoms with Gasteiger partial charge in [0.2, 0.25) is 0 Å². The van der Waals surface area contributed by atoms with Gasteiger partial charge < -0.3 is 0 Å². The van der Waals surface area contributed by atoms with Gasteiger partial charge in [0.25, 0.3) is 0 Å². The van der Waals surface area contributed by atoms with Gasteiger partial charge in [-0.2, -0.15) is 0 Å².